The number of carbonyl (C=O) groups excluding carboxylic acids is 1. The average Bonchev–Trinajstić information content (AvgIpc) is 3.23. The zero-order valence-electron chi connectivity index (χ0n) is 17.6. The van der Waals surface area contributed by atoms with Crippen LogP contribution in [0.15, 0.2) is 61.1 Å². The molecule has 0 aliphatic carbocycles. The summed E-state index contributed by atoms with van der Waals surface area (Å²) in [6, 6.07) is 13.3. The van der Waals surface area contributed by atoms with Gasteiger partial charge in [-0.05, 0) is 48.9 Å². The summed E-state index contributed by atoms with van der Waals surface area (Å²) < 4.78 is 20.2. The van der Waals surface area contributed by atoms with E-state index in [9.17, 15) is 9.18 Å². The largest absolute Gasteiger partial charge is 0.494 e. The van der Waals surface area contributed by atoms with E-state index in [1.807, 2.05) is 6.92 Å². The summed E-state index contributed by atoms with van der Waals surface area (Å²) >= 11 is 0. The molecule has 0 bridgehead atoms. The van der Waals surface area contributed by atoms with E-state index in [0.29, 0.717) is 43.3 Å². The molecular weight excluding hydrogens is 411 g/mol. The minimum Gasteiger partial charge on any atom is -0.494 e. The fourth-order valence-corrected chi connectivity index (χ4v) is 3.23. The topological polar surface area (TPSA) is 94.0 Å². The summed E-state index contributed by atoms with van der Waals surface area (Å²) in [7, 11) is 0. The lowest BCUT2D eigenvalue weighted by Gasteiger charge is -2.08. The molecule has 0 atom stereocenters. The highest BCUT2D eigenvalue weighted by Crippen LogP contribution is 2.19. The standard InChI is InChI=1S/C23H23FN6O2/c1-2-32-19-9-5-17(6-10-19)23(31)25-11-12-30-22-20(14-29-30)21(27-15-28-22)26-13-16-3-7-18(24)8-4-16/h3-10,14-15H,2,11-13H2,1H3,(H,25,31)(H,26,27,28). The Hall–Kier alpha value is -4.01. The van der Waals surface area contributed by atoms with Gasteiger partial charge < -0.3 is 15.4 Å². The van der Waals surface area contributed by atoms with Gasteiger partial charge in [-0.15, -0.1) is 0 Å². The Labute approximate surface area is 184 Å². The number of nitrogens with zero attached hydrogens (tertiary/aromatic N) is 4. The number of benzene rings is 2. The number of hydrogen-bond acceptors (Lipinski definition) is 6. The summed E-state index contributed by atoms with van der Waals surface area (Å²) in [4.78, 5) is 21.0. The molecule has 0 fully saturated rings. The first-order chi connectivity index (χ1) is 15.6. The fourth-order valence-electron chi connectivity index (χ4n) is 3.23. The van der Waals surface area contributed by atoms with Gasteiger partial charge in [-0.25, -0.2) is 19.0 Å². The van der Waals surface area contributed by atoms with Crippen LogP contribution in [-0.2, 0) is 13.1 Å². The van der Waals surface area contributed by atoms with Crippen LogP contribution in [0, 0.1) is 5.82 Å². The number of fused-ring (bicyclic) bond motifs is 1. The third-order valence-corrected chi connectivity index (χ3v) is 4.84. The number of hydrogen-bond donors (Lipinski definition) is 2. The summed E-state index contributed by atoms with van der Waals surface area (Å²) in [6.45, 7) is 3.84. The Morgan fingerprint density at radius 3 is 2.62 bits per heavy atom. The molecule has 1 amide bonds. The Balaban J connectivity index is 1.36. The second kappa shape index (κ2) is 9.86. The summed E-state index contributed by atoms with van der Waals surface area (Å²) in [5.41, 5.74) is 2.16. The van der Waals surface area contributed by atoms with Gasteiger partial charge in [0.2, 0.25) is 0 Å². The zero-order valence-corrected chi connectivity index (χ0v) is 17.6. The number of nitrogens with one attached hydrogen (secondary N) is 2. The van der Waals surface area contributed by atoms with Gasteiger partial charge in [-0.1, -0.05) is 12.1 Å². The lowest BCUT2D eigenvalue weighted by molar-refractivity contribution is 0.0952. The van der Waals surface area contributed by atoms with Crippen molar-refractivity contribution in [1.82, 2.24) is 25.1 Å². The van der Waals surface area contributed by atoms with Crippen molar-refractivity contribution in [2.45, 2.75) is 20.0 Å². The Bertz CT molecular complexity index is 1190. The zero-order chi connectivity index (χ0) is 22.3. The number of halogens is 1. The van der Waals surface area contributed by atoms with E-state index in [0.717, 1.165) is 16.7 Å². The van der Waals surface area contributed by atoms with Crippen LogP contribution in [0.4, 0.5) is 10.2 Å². The highest BCUT2D eigenvalue weighted by molar-refractivity contribution is 5.94. The van der Waals surface area contributed by atoms with Crippen LogP contribution in [-0.4, -0.2) is 38.8 Å². The number of amides is 1. The van der Waals surface area contributed by atoms with E-state index in [-0.39, 0.29) is 11.7 Å². The summed E-state index contributed by atoms with van der Waals surface area (Å²) in [5.74, 6) is 0.939. The van der Waals surface area contributed by atoms with Crippen LogP contribution in [0.25, 0.3) is 11.0 Å². The monoisotopic (exact) mass is 434 g/mol. The highest BCUT2D eigenvalue weighted by atomic mass is 19.1. The van der Waals surface area contributed by atoms with Crippen LogP contribution in [0.3, 0.4) is 0 Å². The highest BCUT2D eigenvalue weighted by Gasteiger charge is 2.11. The Kier molecular flexibility index (Phi) is 6.54. The average molecular weight is 434 g/mol. The molecule has 0 saturated carbocycles. The molecule has 0 unspecified atom stereocenters. The lowest BCUT2D eigenvalue weighted by atomic mass is 10.2. The normalized spacial score (nSPS) is 10.8. The molecule has 8 nitrogen and oxygen atoms in total. The molecule has 0 aliphatic rings. The Morgan fingerprint density at radius 2 is 1.88 bits per heavy atom. The number of ether oxygens (including phenoxy) is 1. The molecule has 32 heavy (non-hydrogen) atoms. The van der Waals surface area contributed by atoms with E-state index in [1.165, 1.54) is 18.5 Å². The molecule has 164 valence electrons. The van der Waals surface area contributed by atoms with Gasteiger partial charge in [0.1, 0.15) is 23.7 Å². The second-order valence-electron chi connectivity index (χ2n) is 7.02. The van der Waals surface area contributed by atoms with Crippen molar-refractivity contribution in [1.29, 1.82) is 0 Å². The molecular formula is C23H23FN6O2. The molecule has 0 aliphatic heterocycles. The first-order valence-corrected chi connectivity index (χ1v) is 10.3. The fraction of sp³-hybridized carbons (Fsp3) is 0.217. The summed E-state index contributed by atoms with van der Waals surface area (Å²) in [5, 5.41) is 11.3. The van der Waals surface area contributed by atoms with Crippen molar-refractivity contribution in [3.8, 4) is 5.75 Å². The van der Waals surface area contributed by atoms with Crippen molar-refractivity contribution in [2.24, 2.45) is 0 Å². The molecule has 2 aromatic carbocycles. The van der Waals surface area contributed by atoms with E-state index in [2.05, 4.69) is 25.7 Å². The van der Waals surface area contributed by atoms with Crippen LogP contribution < -0.4 is 15.4 Å². The first kappa shape index (κ1) is 21.2. The van der Waals surface area contributed by atoms with Gasteiger partial charge in [-0.3, -0.25) is 4.79 Å². The minimum atomic E-state index is -0.269. The molecule has 2 aromatic heterocycles. The predicted molar refractivity (Wildman–Crippen MR) is 119 cm³/mol. The van der Waals surface area contributed by atoms with E-state index < -0.39 is 0 Å². The molecule has 4 aromatic rings. The Morgan fingerprint density at radius 1 is 1.09 bits per heavy atom. The first-order valence-electron chi connectivity index (χ1n) is 10.3. The van der Waals surface area contributed by atoms with Crippen molar-refractivity contribution >= 4 is 22.8 Å². The maximum Gasteiger partial charge on any atom is 0.251 e. The van der Waals surface area contributed by atoms with Gasteiger partial charge in [-0.2, -0.15) is 5.10 Å². The molecule has 0 spiro atoms. The second-order valence-corrected chi connectivity index (χ2v) is 7.02. The predicted octanol–water partition coefficient (Wildman–Crippen LogP) is 3.41. The maximum atomic E-state index is 13.1. The smallest absolute Gasteiger partial charge is 0.251 e. The van der Waals surface area contributed by atoms with Crippen molar-refractivity contribution in [3.63, 3.8) is 0 Å². The van der Waals surface area contributed by atoms with Gasteiger partial charge >= 0.3 is 0 Å². The van der Waals surface area contributed by atoms with Crippen molar-refractivity contribution < 1.29 is 13.9 Å². The number of carbonyl (C=O) groups is 1. The summed E-state index contributed by atoms with van der Waals surface area (Å²) in [6.07, 6.45) is 3.16. The number of aromatic nitrogens is 4. The SMILES string of the molecule is CCOc1ccc(C(=O)NCCn2ncc3c(NCc4ccc(F)cc4)ncnc32)cc1. The van der Waals surface area contributed by atoms with Gasteiger partial charge in [0, 0.05) is 18.7 Å². The van der Waals surface area contributed by atoms with Crippen molar-refractivity contribution in [3.05, 3.63) is 78.0 Å². The molecule has 0 radical (unpaired) electrons. The van der Waals surface area contributed by atoms with Crippen molar-refractivity contribution in [2.75, 3.05) is 18.5 Å². The van der Waals surface area contributed by atoms with Gasteiger partial charge in [0.15, 0.2) is 5.65 Å². The van der Waals surface area contributed by atoms with Crippen LogP contribution in [0.5, 0.6) is 5.75 Å². The van der Waals surface area contributed by atoms with Crippen LogP contribution in [0.1, 0.15) is 22.8 Å². The van der Waals surface area contributed by atoms with E-state index >= 15 is 0 Å². The quantitative estimate of drug-likeness (QED) is 0.419. The third kappa shape index (κ3) is 5.00. The molecule has 0 saturated heterocycles. The third-order valence-electron chi connectivity index (χ3n) is 4.84. The molecule has 2 N–H and O–H groups in total. The molecule has 2 heterocycles. The van der Waals surface area contributed by atoms with E-state index in [4.69, 9.17) is 4.74 Å². The lowest BCUT2D eigenvalue weighted by Crippen LogP contribution is -2.27. The molecule has 4 rings (SSSR count). The minimum absolute atomic E-state index is 0.166. The van der Waals surface area contributed by atoms with Crippen LogP contribution in [0.2, 0.25) is 0 Å². The number of anilines is 1. The van der Waals surface area contributed by atoms with Gasteiger partial charge in [0.25, 0.3) is 5.91 Å². The number of rotatable bonds is 9. The van der Waals surface area contributed by atoms with E-state index in [1.54, 1.807) is 47.3 Å². The van der Waals surface area contributed by atoms with Crippen LogP contribution >= 0.6 is 0 Å². The maximum absolute atomic E-state index is 13.1. The van der Waals surface area contributed by atoms with Gasteiger partial charge in [0.05, 0.1) is 24.7 Å². The molecule has 9 heteroatoms.